The Morgan fingerprint density at radius 2 is 2.33 bits per heavy atom. The van der Waals surface area contributed by atoms with Gasteiger partial charge in [-0.1, -0.05) is 0 Å². The normalized spacial score (nSPS) is 34.9. The van der Waals surface area contributed by atoms with Crippen molar-refractivity contribution in [2.75, 3.05) is 0 Å². The van der Waals surface area contributed by atoms with Crippen LogP contribution in [0, 0.1) is 0 Å². The quantitative estimate of drug-likeness (QED) is 0.552. The summed E-state index contributed by atoms with van der Waals surface area (Å²) in [5, 5.41) is 0.188. The zero-order valence-electron chi connectivity index (χ0n) is 5.26. The summed E-state index contributed by atoms with van der Waals surface area (Å²) in [7, 11) is 0. The fourth-order valence-corrected chi connectivity index (χ4v) is 2.49. The fourth-order valence-electron chi connectivity index (χ4n) is 0.896. The van der Waals surface area contributed by atoms with E-state index in [0.717, 1.165) is 12.8 Å². The number of thioether (sulfide) groups is 1. The Morgan fingerprint density at radius 1 is 1.67 bits per heavy atom. The Labute approximate surface area is 64.1 Å². The molecule has 0 N–H and O–H groups in total. The highest BCUT2D eigenvalue weighted by atomic mass is 35.5. The van der Waals surface area contributed by atoms with E-state index in [2.05, 4.69) is 0 Å². The Bertz CT molecular complexity index is 126. The first kappa shape index (κ1) is 7.42. The average Bonchev–Trinajstić information content (AvgIpc) is 2.14. The Morgan fingerprint density at radius 3 is 2.56 bits per heavy atom. The van der Waals surface area contributed by atoms with Crippen LogP contribution < -0.4 is 0 Å². The molecule has 52 valence electrons. The van der Waals surface area contributed by atoms with E-state index in [4.69, 9.17) is 11.6 Å². The van der Waals surface area contributed by atoms with Crippen molar-refractivity contribution >= 4 is 29.1 Å². The largest absolute Gasteiger partial charge is 0.299 e. The molecule has 0 aromatic rings. The predicted octanol–water partition coefficient (Wildman–Crippen LogP) is 2.04. The number of ketones is 1. The minimum absolute atomic E-state index is 0.180. The number of hydrogen-bond acceptors (Lipinski definition) is 2. The Kier molecular flexibility index (Phi) is 2.42. The lowest BCUT2D eigenvalue weighted by molar-refractivity contribution is -0.116. The van der Waals surface area contributed by atoms with Crippen LogP contribution in [0.2, 0.25) is 0 Å². The van der Waals surface area contributed by atoms with Crippen molar-refractivity contribution in [3.8, 4) is 0 Å². The molecule has 1 rings (SSSR count). The summed E-state index contributed by atoms with van der Waals surface area (Å²) < 4.78 is 0.180. The predicted molar refractivity (Wildman–Crippen MR) is 40.9 cm³/mol. The van der Waals surface area contributed by atoms with E-state index >= 15 is 0 Å². The van der Waals surface area contributed by atoms with Crippen LogP contribution in [0.4, 0.5) is 0 Å². The Hall–Kier alpha value is 0.310. The van der Waals surface area contributed by atoms with Crippen LogP contribution in [-0.2, 0) is 4.79 Å². The number of rotatable bonds is 1. The molecule has 0 spiro atoms. The number of carbonyl (C=O) groups is 1. The molecule has 2 atom stereocenters. The summed E-state index contributed by atoms with van der Waals surface area (Å²) in [4.78, 5) is 10.7. The lowest BCUT2D eigenvalue weighted by Crippen LogP contribution is -2.08. The summed E-state index contributed by atoms with van der Waals surface area (Å²) in [5.74, 6) is 0.267. The van der Waals surface area contributed by atoms with Gasteiger partial charge < -0.3 is 0 Å². The van der Waals surface area contributed by atoms with Gasteiger partial charge in [-0.05, 0) is 19.8 Å². The van der Waals surface area contributed by atoms with E-state index < -0.39 is 0 Å². The molecule has 0 aliphatic carbocycles. The molecular formula is C6H9ClOS. The molecule has 1 aliphatic rings. The first-order chi connectivity index (χ1) is 4.20. The number of hydrogen-bond donors (Lipinski definition) is 0. The van der Waals surface area contributed by atoms with E-state index in [1.807, 2.05) is 0 Å². The molecule has 9 heavy (non-hydrogen) atoms. The van der Waals surface area contributed by atoms with Crippen molar-refractivity contribution in [3.05, 3.63) is 0 Å². The van der Waals surface area contributed by atoms with Crippen molar-refractivity contribution in [1.82, 2.24) is 0 Å². The maximum atomic E-state index is 10.7. The van der Waals surface area contributed by atoms with Gasteiger partial charge in [0.25, 0.3) is 0 Å². The van der Waals surface area contributed by atoms with Crippen LogP contribution >= 0.6 is 23.4 Å². The van der Waals surface area contributed by atoms with Crippen LogP contribution in [-0.4, -0.2) is 15.7 Å². The standard InChI is InChI=1S/C6H9ClOS/c1-4(8)5-2-3-6(7)9-5/h5-6H,2-3H2,1H3/t5-,6?/m1/s1. The number of carbonyl (C=O) groups excluding carboxylic acids is 1. The minimum atomic E-state index is 0.180. The number of halogens is 1. The van der Waals surface area contributed by atoms with Gasteiger partial charge in [0, 0.05) is 0 Å². The van der Waals surface area contributed by atoms with Gasteiger partial charge in [0.05, 0.1) is 9.96 Å². The van der Waals surface area contributed by atoms with E-state index in [1.165, 1.54) is 0 Å². The molecule has 0 aromatic carbocycles. The van der Waals surface area contributed by atoms with Crippen molar-refractivity contribution in [2.45, 2.75) is 29.7 Å². The van der Waals surface area contributed by atoms with Crippen LogP contribution in [0.3, 0.4) is 0 Å². The third-order valence-corrected chi connectivity index (χ3v) is 3.38. The smallest absolute Gasteiger partial charge is 0.142 e. The molecule has 1 fully saturated rings. The average molecular weight is 165 g/mol. The molecule has 0 bridgehead atoms. The monoisotopic (exact) mass is 164 g/mol. The topological polar surface area (TPSA) is 17.1 Å². The van der Waals surface area contributed by atoms with Gasteiger partial charge in [-0.3, -0.25) is 4.79 Å². The molecule has 1 heterocycles. The lowest BCUT2D eigenvalue weighted by Gasteiger charge is -2.00. The van der Waals surface area contributed by atoms with E-state index in [9.17, 15) is 4.79 Å². The summed E-state index contributed by atoms with van der Waals surface area (Å²) in [6.45, 7) is 1.63. The van der Waals surface area contributed by atoms with Gasteiger partial charge in [-0.15, -0.1) is 23.4 Å². The summed E-state index contributed by atoms with van der Waals surface area (Å²) in [6, 6.07) is 0. The van der Waals surface area contributed by atoms with E-state index in [0.29, 0.717) is 0 Å². The van der Waals surface area contributed by atoms with Gasteiger partial charge in [-0.2, -0.15) is 0 Å². The maximum absolute atomic E-state index is 10.7. The second-order valence-electron chi connectivity index (χ2n) is 2.22. The molecular weight excluding hydrogens is 156 g/mol. The first-order valence-electron chi connectivity index (χ1n) is 3.00. The highest BCUT2D eigenvalue weighted by Crippen LogP contribution is 2.36. The number of alkyl halides is 1. The first-order valence-corrected chi connectivity index (χ1v) is 4.38. The number of Topliss-reactive ketones (excluding diaryl/α,β-unsaturated/α-hetero) is 1. The molecule has 1 unspecified atom stereocenters. The molecule has 0 radical (unpaired) electrons. The second kappa shape index (κ2) is 2.93. The summed E-state index contributed by atoms with van der Waals surface area (Å²) in [5.41, 5.74) is 0. The summed E-state index contributed by atoms with van der Waals surface area (Å²) in [6.07, 6.45) is 1.95. The zero-order valence-corrected chi connectivity index (χ0v) is 6.84. The van der Waals surface area contributed by atoms with Gasteiger partial charge in [-0.25, -0.2) is 0 Å². The van der Waals surface area contributed by atoms with Crippen molar-refractivity contribution < 1.29 is 4.79 Å². The third kappa shape index (κ3) is 1.87. The van der Waals surface area contributed by atoms with Gasteiger partial charge in [0.15, 0.2) is 0 Å². The van der Waals surface area contributed by atoms with Crippen molar-refractivity contribution in [1.29, 1.82) is 0 Å². The molecule has 1 nitrogen and oxygen atoms in total. The molecule has 0 amide bonds. The van der Waals surface area contributed by atoms with Gasteiger partial charge >= 0.3 is 0 Å². The second-order valence-corrected chi connectivity index (χ2v) is 4.42. The highest BCUT2D eigenvalue weighted by Gasteiger charge is 2.26. The fraction of sp³-hybridized carbons (Fsp3) is 0.833. The molecule has 3 heteroatoms. The van der Waals surface area contributed by atoms with Crippen LogP contribution in [0.15, 0.2) is 0 Å². The minimum Gasteiger partial charge on any atom is -0.299 e. The summed E-state index contributed by atoms with van der Waals surface area (Å²) >= 11 is 7.35. The van der Waals surface area contributed by atoms with Crippen molar-refractivity contribution in [3.63, 3.8) is 0 Å². The highest BCUT2D eigenvalue weighted by molar-refractivity contribution is 8.02. The Balaban J connectivity index is 2.39. The molecule has 1 aliphatic heterocycles. The zero-order chi connectivity index (χ0) is 6.85. The SMILES string of the molecule is CC(=O)[C@H]1CCC(Cl)S1. The van der Waals surface area contributed by atoms with Crippen LogP contribution in [0.25, 0.3) is 0 Å². The molecule has 1 saturated heterocycles. The van der Waals surface area contributed by atoms with Gasteiger partial charge in [0.2, 0.25) is 0 Å². The van der Waals surface area contributed by atoms with E-state index in [-0.39, 0.29) is 15.7 Å². The molecule has 0 saturated carbocycles. The molecule has 0 aromatic heterocycles. The maximum Gasteiger partial charge on any atom is 0.142 e. The van der Waals surface area contributed by atoms with Gasteiger partial charge in [0.1, 0.15) is 5.78 Å². The van der Waals surface area contributed by atoms with Crippen molar-refractivity contribution in [2.24, 2.45) is 0 Å². The van der Waals surface area contributed by atoms with Crippen LogP contribution in [0.5, 0.6) is 0 Å². The van der Waals surface area contributed by atoms with Crippen LogP contribution in [0.1, 0.15) is 19.8 Å². The van der Waals surface area contributed by atoms with E-state index in [1.54, 1.807) is 18.7 Å². The third-order valence-electron chi connectivity index (χ3n) is 1.42. The lowest BCUT2D eigenvalue weighted by atomic mass is 10.2.